The Hall–Kier alpha value is -1.56. The second kappa shape index (κ2) is 5.72. The van der Waals surface area contributed by atoms with Crippen LogP contribution in [-0.2, 0) is 11.0 Å². The molecule has 0 radical (unpaired) electrons. The van der Waals surface area contributed by atoms with Gasteiger partial charge in [0.25, 0.3) is 0 Å². The summed E-state index contributed by atoms with van der Waals surface area (Å²) < 4.78 is 38.8. The van der Waals surface area contributed by atoms with E-state index in [9.17, 15) is 23.1 Å². The summed E-state index contributed by atoms with van der Waals surface area (Å²) in [7, 11) is 0. The Bertz CT molecular complexity index is 714. The van der Waals surface area contributed by atoms with Gasteiger partial charge in [-0.3, -0.25) is 4.79 Å². The van der Waals surface area contributed by atoms with Gasteiger partial charge in [0.1, 0.15) is 0 Å². The molecule has 6 heteroatoms. The van der Waals surface area contributed by atoms with Gasteiger partial charge >= 0.3 is 6.18 Å². The number of benzene rings is 1. The number of rotatable bonds is 2. The zero-order chi connectivity index (χ0) is 18.7. The lowest BCUT2D eigenvalue weighted by Crippen LogP contribution is -2.61. The molecule has 0 bridgehead atoms. The number of amides is 1. The average Bonchev–Trinajstić information content (AvgIpc) is 2.95. The molecule has 3 aliphatic rings. The molecule has 1 N–H and O–H groups in total. The number of carbonyl (C=O) groups is 1. The van der Waals surface area contributed by atoms with Crippen LogP contribution in [0.25, 0.3) is 0 Å². The first-order valence-corrected chi connectivity index (χ1v) is 9.25. The van der Waals surface area contributed by atoms with Gasteiger partial charge in [-0.1, -0.05) is 18.2 Å². The zero-order valence-electron chi connectivity index (χ0n) is 14.9. The van der Waals surface area contributed by atoms with Crippen molar-refractivity contribution in [2.24, 2.45) is 11.3 Å². The molecule has 1 heterocycles. The van der Waals surface area contributed by atoms with Gasteiger partial charge in [0.05, 0.1) is 11.2 Å². The van der Waals surface area contributed by atoms with E-state index in [0.29, 0.717) is 25.9 Å². The molecule has 1 spiro atoms. The number of hydrogen-bond donors (Lipinski definition) is 1. The lowest BCUT2D eigenvalue weighted by molar-refractivity contribution is -0.161. The molecule has 1 aromatic carbocycles. The Morgan fingerprint density at radius 2 is 1.92 bits per heavy atom. The molecular formula is C20H24F3NO2. The average molecular weight is 367 g/mol. The molecule has 3 fully saturated rings. The number of nitrogens with zero attached hydrogens (tertiary/aromatic N) is 1. The molecule has 1 aliphatic heterocycles. The van der Waals surface area contributed by atoms with E-state index in [0.717, 1.165) is 30.9 Å². The third kappa shape index (κ3) is 3.13. The summed E-state index contributed by atoms with van der Waals surface area (Å²) in [6.07, 6.45) is -0.567. The van der Waals surface area contributed by atoms with Gasteiger partial charge in [-0.25, -0.2) is 0 Å². The first kappa shape index (κ1) is 17.8. The van der Waals surface area contributed by atoms with Crippen molar-refractivity contribution >= 4 is 5.91 Å². The molecule has 4 rings (SSSR count). The summed E-state index contributed by atoms with van der Waals surface area (Å²) >= 11 is 0. The summed E-state index contributed by atoms with van der Waals surface area (Å²) in [4.78, 5) is 14.3. The predicted molar refractivity (Wildman–Crippen MR) is 90.4 cm³/mol. The molecule has 0 aromatic heterocycles. The Kier molecular flexibility index (Phi) is 3.92. The fraction of sp³-hybridized carbons (Fsp3) is 0.650. The maximum atomic E-state index is 12.9. The summed E-state index contributed by atoms with van der Waals surface area (Å²) in [5.74, 6) is 0.201. The smallest absolute Gasteiger partial charge is 0.390 e. The van der Waals surface area contributed by atoms with Crippen LogP contribution in [0.2, 0.25) is 0 Å². The molecule has 1 aromatic rings. The standard InChI is InChI=1S/C20H24F3NO2/c1-18(26)8-15(9-18)17(25)24-11-19(12-24)6-5-14(10-19)13-3-2-4-16(7-13)20(21,22)23/h2-4,7,14-15,26H,5-6,8-12H2,1H3/t14?,15-,18+. The molecule has 1 unspecified atom stereocenters. The number of carbonyl (C=O) groups excluding carboxylic acids is 1. The fourth-order valence-corrected chi connectivity index (χ4v) is 5.10. The Morgan fingerprint density at radius 1 is 1.23 bits per heavy atom. The van der Waals surface area contributed by atoms with Gasteiger partial charge in [-0.05, 0) is 56.6 Å². The SMILES string of the molecule is C[C@]1(O)C[C@@H](C(=O)N2CC3(CCC(c4cccc(C(F)(F)F)c4)C3)C2)C1. The largest absolute Gasteiger partial charge is 0.416 e. The number of likely N-dealkylation sites (tertiary alicyclic amines) is 1. The molecule has 142 valence electrons. The van der Waals surface area contributed by atoms with E-state index >= 15 is 0 Å². The normalized spacial score (nSPS) is 33.0. The second-order valence-electron chi connectivity index (χ2n) is 8.86. The molecular weight excluding hydrogens is 343 g/mol. The molecule has 26 heavy (non-hydrogen) atoms. The zero-order valence-corrected chi connectivity index (χ0v) is 14.9. The van der Waals surface area contributed by atoms with Crippen LogP contribution in [0.3, 0.4) is 0 Å². The van der Waals surface area contributed by atoms with Crippen molar-refractivity contribution in [1.82, 2.24) is 4.90 Å². The summed E-state index contributed by atoms with van der Waals surface area (Å²) in [5, 5.41) is 9.80. The van der Waals surface area contributed by atoms with Crippen LogP contribution in [0.1, 0.15) is 56.1 Å². The Morgan fingerprint density at radius 3 is 2.54 bits per heavy atom. The van der Waals surface area contributed by atoms with Crippen molar-refractivity contribution in [2.45, 2.75) is 56.7 Å². The Labute approximate surface area is 151 Å². The van der Waals surface area contributed by atoms with Gasteiger partial charge < -0.3 is 10.0 Å². The van der Waals surface area contributed by atoms with Crippen molar-refractivity contribution in [3.63, 3.8) is 0 Å². The van der Waals surface area contributed by atoms with E-state index in [1.807, 2.05) is 4.90 Å². The highest BCUT2D eigenvalue weighted by atomic mass is 19.4. The number of halogens is 3. The summed E-state index contributed by atoms with van der Waals surface area (Å²) in [6.45, 7) is 3.17. The summed E-state index contributed by atoms with van der Waals surface area (Å²) in [6, 6.07) is 5.67. The Balaban J connectivity index is 1.36. The number of alkyl halides is 3. The van der Waals surface area contributed by atoms with Crippen molar-refractivity contribution < 1.29 is 23.1 Å². The van der Waals surface area contributed by atoms with E-state index in [2.05, 4.69) is 0 Å². The van der Waals surface area contributed by atoms with Crippen molar-refractivity contribution in [3.05, 3.63) is 35.4 Å². The van der Waals surface area contributed by atoms with Crippen molar-refractivity contribution in [3.8, 4) is 0 Å². The van der Waals surface area contributed by atoms with Crippen molar-refractivity contribution in [2.75, 3.05) is 13.1 Å². The monoisotopic (exact) mass is 367 g/mol. The van der Waals surface area contributed by atoms with Crippen LogP contribution < -0.4 is 0 Å². The predicted octanol–water partition coefficient (Wildman–Crippen LogP) is 3.96. The first-order chi connectivity index (χ1) is 12.1. The van der Waals surface area contributed by atoms with E-state index in [1.165, 1.54) is 12.1 Å². The molecule has 2 saturated carbocycles. The van der Waals surface area contributed by atoms with E-state index in [1.54, 1.807) is 13.0 Å². The van der Waals surface area contributed by atoms with Gasteiger partial charge in [0.15, 0.2) is 0 Å². The topological polar surface area (TPSA) is 40.5 Å². The first-order valence-electron chi connectivity index (χ1n) is 9.25. The fourth-order valence-electron chi connectivity index (χ4n) is 5.10. The minimum absolute atomic E-state index is 0.0667. The van der Waals surface area contributed by atoms with Gasteiger partial charge in [0, 0.05) is 24.4 Å². The van der Waals surface area contributed by atoms with Crippen LogP contribution in [0, 0.1) is 11.3 Å². The molecule has 2 aliphatic carbocycles. The highest BCUT2D eigenvalue weighted by Gasteiger charge is 2.53. The number of aliphatic hydroxyl groups is 1. The molecule has 3 nitrogen and oxygen atoms in total. The molecule has 1 saturated heterocycles. The minimum atomic E-state index is -4.31. The van der Waals surface area contributed by atoms with Crippen LogP contribution >= 0.6 is 0 Å². The van der Waals surface area contributed by atoms with E-state index < -0.39 is 17.3 Å². The lowest BCUT2D eigenvalue weighted by Gasteiger charge is -2.52. The highest BCUT2D eigenvalue weighted by molar-refractivity contribution is 5.81. The van der Waals surface area contributed by atoms with Crippen molar-refractivity contribution in [1.29, 1.82) is 0 Å². The maximum absolute atomic E-state index is 12.9. The second-order valence-corrected chi connectivity index (χ2v) is 8.86. The highest BCUT2D eigenvalue weighted by Crippen LogP contribution is 2.53. The lowest BCUT2D eigenvalue weighted by atomic mass is 9.69. The van der Waals surface area contributed by atoms with Crippen LogP contribution in [-0.4, -0.2) is 34.6 Å². The quantitative estimate of drug-likeness (QED) is 0.860. The van der Waals surface area contributed by atoms with Gasteiger partial charge in [-0.15, -0.1) is 0 Å². The van der Waals surface area contributed by atoms with Gasteiger partial charge in [0.2, 0.25) is 5.91 Å². The van der Waals surface area contributed by atoms with Crippen LogP contribution in [0.15, 0.2) is 24.3 Å². The van der Waals surface area contributed by atoms with E-state index in [4.69, 9.17) is 0 Å². The van der Waals surface area contributed by atoms with Crippen LogP contribution in [0.5, 0.6) is 0 Å². The maximum Gasteiger partial charge on any atom is 0.416 e. The van der Waals surface area contributed by atoms with Gasteiger partial charge in [-0.2, -0.15) is 13.2 Å². The molecule has 1 atom stereocenters. The summed E-state index contributed by atoms with van der Waals surface area (Å²) in [5.41, 5.74) is -0.457. The van der Waals surface area contributed by atoms with E-state index in [-0.39, 0.29) is 23.2 Å². The minimum Gasteiger partial charge on any atom is -0.390 e. The third-order valence-electron chi connectivity index (χ3n) is 6.47. The van der Waals surface area contributed by atoms with Crippen LogP contribution in [0.4, 0.5) is 13.2 Å². The number of hydrogen-bond acceptors (Lipinski definition) is 2. The third-order valence-corrected chi connectivity index (χ3v) is 6.47. The molecule has 1 amide bonds.